The van der Waals surface area contributed by atoms with Crippen LogP contribution in [-0.2, 0) is 0 Å². The molecule has 0 saturated heterocycles. The van der Waals surface area contributed by atoms with Gasteiger partial charge in [-0.2, -0.15) is 0 Å². The van der Waals surface area contributed by atoms with Crippen molar-refractivity contribution in [2.45, 2.75) is 0 Å². The normalized spacial score (nSPS) is 12.0. The Morgan fingerprint density at radius 1 is 0.375 bits per heavy atom. The second-order valence-corrected chi connectivity index (χ2v) is 10.4. The summed E-state index contributed by atoms with van der Waals surface area (Å²) in [5.41, 5.74) is 7.98. The van der Waals surface area contributed by atoms with Crippen molar-refractivity contribution in [3.05, 3.63) is 140 Å². The van der Waals surface area contributed by atoms with Gasteiger partial charge in [-0.25, -0.2) is 0 Å². The molecule has 0 fully saturated rings. The van der Waals surface area contributed by atoms with Crippen LogP contribution in [0.2, 0.25) is 0 Å². The Bertz CT molecular complexity index is 2260. The van der Waals surface area contributed by atoms with Gasteiger partial charge in [0.25, 0.3) is 0 Å². The average molecular weight is 510 g/mol. The van der Waals surface area contributed by atoms with Crippen LogP contribution in [0.15, 0.2) is 140 Å². The number of fused-ring (bicyclic) bond motifs is 9. The van der Waals surface area contributed by atoms with Gasteiger partial charge in [0.05, 0.1) is 39.0 Å². The lowest BCUT2D eigenvalue weighted by molar-refractivity contribution is 1.16. The van der Waals surface area contributed by atoms with E-state index in [1.54, 1.807) is 0 Å². The molecule has 40 heavy (non-hydrogen) atoms. The molecule has 0 N–H and O–H groups in total. The molecule has 3 aromatic heterocycles. The molecule has 9 aromatic rings. The van der Waals surface area contributed by atoms with Crippen LogP contribution in [-0.4, -0.2) is 14.1 Å². The summed E-state index contributed by atoms with van der Waals surface area (Å²) in [4.78, 5) is 5.15. The second kappa shape index (κ2) is 8.05. The number of hydrogen-bond acceptors (Lipinski definition) is 1. The monoisotopic (exact) mass is 509 g/mol. The summed E-state index contributed by atoms with van der Waals surface area (Å²) in [5.74, 6) is 0. The van der Waals surface area contributed by atoms with Crippen LogP contribution >= 0.6 is 0 Å². The standard InChI is InChI=1S/C37H23N3/c1-3-15-26-24(11-1)13-9-21-31(26)39-33-19-7-5-17-28(33)30-23-38-35-29-18-6-8-20-34(29)40(37(35)36(30)39)32-22-10-14-25-12-2-4-16-27(25)32/h1-23H. The Kier molecular flexibility index (Phi) is 4.33. The minimum atomic E-state index is 1.01. The largest absolute Gasteiger partial charge is 0.306 e. The van der Waals surface area contributed by atoms with Crippen molar-refractivity contribution in [1.29, 1.82) is 0 Å². The van der Waals surface area contributed by atoms with E-state index in [9.17, 15) is 0 Å². The van der Waals surface area contributed by atoms with Crippen LogP contribution in [0.5, 0.6) is 0 Å². The van der Waals surface area contributed by atoms with Crippen molar-refractivity contribution in [1.82, 2.24) is 14.1 Å². The van der Waals surface area contributed by atoms with Crippen molar-refractivity contribution < 1.29 is 0 Å². The third kappa shape index (κ3) is 2.81. The molecule has 3 heteroatoms. The zero-order valence-electron chi connectivity index (χ0n) is 21.6. The van der Waals surface area contributed by atoms with Crippen LogP contribution in [0.4, 0.5) is 0 Å². The van der Waals surface area contributed by atoms with Crippen LogP contribution in [0.1, 0.15) is 0 Å². The van der Waals surface area contributed by atoms with Crippen molar-refractivity contribution in [3.8, 4) is 11.4 Å². The first-order chi connectivity index (χ1) is 19.9. The Labute approximate surface area is 230 Å². The smallest absolute Gasteiger partial charge is 0.0985 e. The van der Waals surface area contributed by atoms with E-state index >= 15 is 0 Å². The predicted octanol–water partition coefficient (Wildman–Crippen LogP) is 9.58. The zero-order chi connectivity index (χ0) is 26.2. The molecule has 0 aliphatic carbocycles. The summed E-state index contributed by atoms with van der Waals surface area (Å²) in [6.45, 7) is 0. The minimum Gasteiger partial charge on any atom is -0.306 e. The fourth-order valence-corrected chi connectivity index (χ4v) is 6.64. The van der Waals surface area contributed by atoms with Crippen LogP contribution in [0.3, 0.4) is 0 Å². The summed E-state index contributed by atoms with van der Waals surface area (Å²) >= 11 is 0. The molecule has 3 heterocycles. The fourth-order valence-electron chi connectivity index (χ4n) is 6.64. The lowest BCUT2D eigenvalue weighted by atomic mass is 10.1. The lowest BCUT2D eigenvalue weighted by Gasteiger charge is -2.15. The lowest BCUT2D eigenvalue weighted by Crippen LogP contribution is -2.00. The molecule has 3 nitrogen and oxygen atoms in total. The van der Waals surface area contributed by atoms with Crippen molar-refractivity contribution >= 4 is 65.3 Å². The van der Waals surface area contributed by atoms with Crippen molar-refractivity contribution in [3.63, 3.8) is 0 Å². The maximum Gasteiger partial charge on any atom is 0.0985 e. The molecule has 0 atom stereocenters. The van der Waals surface area contributed by atoms with E-state index in [1.807, 2.05) is 0 Å². The number of aromatic nitrogens is 3. The highest BCUT2D eigenvalue weighted by Gasteiger charge is 2.23. The summed E-state index contributed by atoms with van der Waals surface area (Å²) in [7, 11) is 0. The fraction of sp³-hybridized carbons (Fsp3) is 0. The van der Waals surface area contributed by atoms with E-state index in [1.165, 1.54) is 43.7 Å². The SMILES string of the molecule is c1ccc2c(-n3c4ccccc4c4cnc5c6ccccc6n(-c6cccc7ccccc67)c5c43)cccc2c1. The van der Waals surface area contributed by atoms with Gasteiger partial charge in [0, 0.05) is 33.1 Å². The van der Waals surface area contributed by atoms with Gasteiger partial charge in [0.15, 0.2) is 0 Å². The van der Waals surface area contributed by atoms with Gasteiger partial charge in [-0.05, 0) is 35.0 Å². The number of para-hydroxylation sites is 2. The topological polar surface area (TPSA) is 22.8 Å². The Morgan fingerprint density at radius 2 is 0.850 bits per heavy atom. The predicted molar refractivity (Wildman–Crippen MR) is 168 cm³/mol. The van der Waals surface area contributed by atoms with E-state index in [2.05, 4.69) is 149 Å². The molecule has 186 valence electrons. The molecular weight excluding hydrogens is 486 g/mol. The average Bonchev–Trinajstić information content (AvgIpc) is 3.53. The first-order valence-corrected chi connectivity index (χ1v) is 13.7. The zero-order valence-corrected chi connectivity index (χ0v) is 21.6. The third-order valence-electron chi connectivity index (χ3n) is 8.32. The van der Waals surface area contributed by atoms with E-state index in [0.717, 1.165) is 33.0 Å². The molecule has 0 bridgehead atoms. The molecule has 0 spiro atoms. The number of pyridine rings is 1. The van der Waals surface area contributed by atoms with E-state index in [0.29, 0.717) is 0 Å². The number of rotatable bonds is 2. The highest BCUT2D eigenvalue weighted by atomic mass is 15.1. The maximum atomic E-state index is 5.15. The van der Waals surface area contributed by atoms with Gasteiger partial charge >= 0.3 is 0 Å². The summed E-state index contributed by atoms with van der Waals surface area (Å²) < 4.78 is 4.89. The van der Waals surface area contributed by atoms with Gasteiger partial charge in [0.1, 0.15) is 0 Å². The summed E-state index contributed by atoms with van der Waals surface area (Å²) in [6.07, 6.45) is 2.07. The van der Waals surface area contributed by atoms with Gasteiger partial charge in [0.2, 0.25) is 0 Å². The van der Waals surface area contributed by atoms with E-state index in [-0.39, 0.29) is 0 Å². The molecule has 9 rings (SSSR count). The van der Waals surface area contributed by atoms with Crippen LogP contribution in [0.25, 0.3) is 76.7 Å². The quantitative estimate of drug-likeness (QED) is 0.227. The Morgan fingerprint density at radius 3 is 1.50 bits per heavy atom. The van der Waals surface area contributed by atoms with Crippen molar-refractivity contribution in [2.24, 2.45) is 0 Å². The Balaban J connectivity index is 1.58. The molecule has 0 aliphatic heterocycles. The molecule has 0 saturated carbocycles. The molecule has 6 aromatic carbocycles. The highest BCUT2D eigenvalue weighted by molar-refractivity contribution is 6.23. The number of hydrogen-bond donors (Lipinski definition) is 0. The van der Waals surface area contributed by atoms with Crippen LogP contribution in [0, 0.1) is 0 Å². The molecule has 0 aliphatic rings. The third-order valence-corrected chi connectivity index (χ3v) is 8.32. The first-order valence-electron chi connectivity index (χ1n) is 13.7. The maximum absolute atomic E-state index is 5.15. The van der Waals surface area contributed by atoms with Gasteiger partial charge in [-0.1, -0.05) is 109 Å². The molecular formula is C37H23N3. The number of nitrogens with zero attached hydrogens (tertiary/aromatic N) is 3. The van der Waals surface area contributed by atoms with Gasteiger partial charge in [-0.3, -0.25) is 4.98 Å². The number of benzene rings is 6. The molecule has 0 amide bonds. The van der Waals surface area contributed by atoms with Crippen molar-refractivity contribution in [2.75, 3.05) is 0 Å². The summed E-state index contributed by atoms with van der Waals surface area (Å²) in [5, 5.41) is 8.41. The second-order valence-electron chi connectivity index (χ2n) is 10.4. The van der Waals surface area contributed by atoms with E-state index in [4.69, 9.17) is 4.98 Å². The summed E-state index contributed by atoms with van der Waals surface area (Å²) in [6, 6.07) is 47.8. The van der Waals surface area contributed by atoms with E-state index < -0.39 is 0 Å². The molecule has 0 radical (unpaired) electrons. The minimum absolute atomic E-state index is 1.01. The Hall–Kier alpha value is -5.41. The van der Waals surface area contributed by atoms with Gasteiger partial charge in [-0.15, -0.1) is 0 Å². The highest BCUT2D eigenvalue weighted by Crippen LogP contribution is 2.42. The van der Waals surface area contributed by atoms with Gasteiger partial charge < -0.3 is 9.13 Å². The van der Waals surface area contributed by atoms with Crippen LogP contribution < -0.4 is 0 Å². The molecule has 0 unspecified atom stereocenters. The first kappa shape index (κ1) is 21.5.